The van der Waals surface area contributed by atoms with Crippen molar-refractivity contribution in [3.63, 3.8) is 0 Å². The van der Waals surface area contributed by atoms with E-state index in [1.54, 1.807) is 4.90 Å². The lowest BCUT2D eigenvalue weighted by Crippen LogP contribution is -2.54. The second-order valence-electron chi connectivity index (χ2n) is 7.57. The summed E-state index contributed by atoms with van der Waals surface area (Å²) in [5.41, 5.74) is -0.167. The highest BCUT2D eigenvalue weighted by Crippen LogP contribution is 2.47. The predicted molar refractivity (Wildman–Crippen MR) is 77.0 cm³/mol. The Labute approximate surface area is 121 Å². The second-order valence-corrected chi connectivity index (χ2v) is 7.57. The van der Waals surface area contributed by atoms with Crippen LogP contribution in [0.3, 0.4) is 0 Å². The highest BCUT2D eigenvalue weighted by Gasteiger charge is 2.53. The molecule has 0 aromatic heterocycles. The van der Waals surface area contributed by atoms with Gasteiger partial charge >= 0.3 is 0 Å². The molecule has 3 aliphatic rings. The number of nitrogens with zero attached hydrogens (tertiary/aromatic N) is 1. The fraction of sp³-hybridized carbons (Fsp3) is 0.875. The molecule has 0 aromatic carbocycles. The number of carbonyl (C=O) groups is 2. The van der Waals surface area contributed by atoms with Crippen molar-refractivity contribution in [3.8, 4) is 0 Å². The normalized spacial score (nSPS) is 32.3. The molecular weight excluding hydrogens is 252 g/mol. The molecule has 112 valence electrons. The van der Waals surface area contributed by atoms with Gasteiger partial charge in [0.1, 0.15) is 0 Å². The average Bonchev–Trinajstić information content (AvgIpc) is 2.93. The highest BCUT2D eigenvalue weighted by atomic mass is 16.2. The van der Waals surface area contributed by atoms with Crippen LogP contribution in [-0.4, -0.2) is 35.8 Å². The van der Waals surface area contributed by atoms with Crippen LogP contribution in [-0.2, 0) is 9.59 Å². The number of hydrogen-bond donors (Lipinski definition) is 1. The number of nitrogens with one attached hydrogen (secondary N) is 1. The van der Waals surface area contributed by atoms with E-state index in [1.807, 2.05) is 0 Å². The first-order valence-electron chi connectivity index (χ1n) is 8.03. The molecule has 1 N–H and O–H groups in total. The fourth-order valence-corrected chi connectivity index (χ4v) is 4.25. The maximum atomic E-state index is 12.7. The molecule has 1 aliphatic carbocycles. The van der Waals surface area contributed by atoms with Crippen molar-refractivity contribution in [1.29, 1.82) is 0 Å². The van der Waals surface area contributed by atoms with Gasteiger partial charge in [0, 0.05) is 19.0 Å². The molecule has 1 unspecified atom stereocenters. The molecule has 4 heteroatoms. The molecular formula is C16H26N2O2. The summed E-state index contributed by atoms with van der Waals surface area (Å²) in [6, 6.07) is 0.237. The number of likely N-dealkylation sites (tertiary alicyclic amines) is 1. The van der Waals surface area contributed by atoms with Crippen LogP contribution in [0.25, 0.3) is 0 Å². The zero-order chi connectivity index (χ0) is 14.4. The Hall–Kier alpha value is -0.900. The van der Waals surface area contributed by atoms with Crippen LogP contribution in [0.1, 0.15) is 58.8 Å². The van der Waals surface area contributed by atoms with Crippen molar-refractivity contribution >= 4 is 11.8 Å². The Morgan fingerprint density at radius 1 is 1.15 bits per heavy atom. The number of imide groups is 1. The van der Waals surface area contributed by atoms with E-state index in [0.717, 1.165) is 38.6 Å². The first-order valence-corrected chi connectivity index (χ1v) is 8.03. The Balaban J connectivity index is 1.74. The number of piperidine rings is 1. The Morgan fingerprint density at radius 3 is 2.50 bits per heavy atom. The van der Waals surface area contributed by atoms with E-state index in [4.69, 9.17) is 0 Å². The van der Waals surface area contributed by atoms with E-state index in [2.05, 4.69) is 19.2 Å². The van der Waals surface area contributed by atoms with Crippen molar-refractivity contribution in [1.82, 2.24) is 10.2 Å². The molecule has 3 fully saturated rings. The Morgan fingerprint density at radius 2 is 1.85 bits per heavy atom. The zero-order valence-corrected chi connectivity index (χ0v) is 12.7. The van der Waals surface area contributed by atoms with Crippen LogP contribution >= 0.6 is 0 Å². The quantitative estimate of drug-likeness (QED) is 0.787. The van der Waals surface area contributed by atoms with Gasteiger partial charge in [-0.05, 0) is 37.6 Å². The van der Waals surface area contributed by atoms with E-state index >= 15 is 0 Å². The lowest BCUT2D eigenvalue weighted by molar-refractivity contribution is -0.142. The minimum absolute atomic E-state index is 0.0556. The summed E-state index contributed by atoms with van der Waals surface area (Å²) in [4.78, 5) is 26.6. The third-order valence-electron chi connectivity index (χ3n) is 5.75. The number of amides is 2. The second kappa shape index (κ2) is 4.83. The van der Waals surface area contributed by atoms with Crippen molar-refractivity contribution in [2.24, 2.45) is 10.8 Å². The van der Waals surface area contributed by atoms with Gasteiger partial charge in [-0.15, -0.1) is 0 Å². The smallest absolute Gasteiger partial charge is 0.235 e. The van der Waals surface area contributed by atoms with Crippen molar-refractivity contribution in [3.05, 3.63) is 0 Å². The predicted octanol–water partition coefficient (Wildman–Crippen LogP) is 2.08. The van der Waals surface area contributed by atoms with Gasteiger partial charge in [0.15, 0.2) is 0 Å². The molecule has 0 radical (unpaired) electrons. The van der Waals surface area contributed by atoms with Crippen LogP contribution < -0.4 is 5.32 Å². The molecule has 1 saturated carbocycles. The van der Waals surface area contributed by atoms with Gasteiger partial charge < -0.3 is 5.32 Å². The van der Waals surface area contributed by atoms with Gasteiger partial charge in [-0.3, -0.25) is 14.5 Å². The molecule has 2 amide bonds. The van der Waals surface area contributed by atoms with Crippen molar-refractivity contribution < 1.29 is 9.59 Å². The summed E-state index contributed by atoms with van der Waals surface area (Å²) >= 11 is 0. The van der Waals surface area contributed by atoms with Crippen molar-refractivity contribution in [2.45, 2.75) is 64.8 Å². The van der Waals surface area contributed by atoms with E-state index in [1.165, 1.54) is 6.42 Å². The van der Waals surface area contributed by atoms with Crippen LogP contribution in [0.4, 0.5) is 0 Å². The minimum Gasteiger partial charge on any atom is -0.312 e. The maximum absolute atomic E-state index is 12.7. The SMILES string of the molecule is CC1(C)CCCNC1CN1C(=O)CC2(CCCC2)C1=O. The first kappa shape index (κ1) is 14.1. The third-order valence-corrected chi connectivity index (χ3v) is 5.75. The van der Waals surface area contributed by atoms with Gasteiger partial charge in [0.05, 0.1) is 5.41 Å². The van der Waals surface area contributed by atoms with Gasteiger partial charge in [-0.1, -0.05) is 26.7 Å². The standard InChI is InChI=1S/C16H26N2O2/c1-15(2)6-5-9-17-12(15)11-18-13(19)10-16(14(18)20)7-3-4-8-16/h12,17H,3-11H2,1-2H3. The van der Waals surface area contributed by atoms with Crippen LogP contribution in [0.5, 0.6) is 0 Å². The lowest BCUT2D eigenvalue weighted by atomic mass is 9.77. The summed E-state index contributed by atoms with van der Waals surface area (Å²) in [5, 5.41) is 3.51. The lowest BCUT2D eigenvalue weighted by Gasteiger charge is -2.41. The van der Waals surface area contributed by atoms with E-state index < -0.39 is 0 Å². The maximum Gasteiger partial charge on any atom is 0.235 e. The summed E-state index contributed by atoms with van der Waals surface area (Å²) in [7, 11) is 0. The molecule has 1 spiro atoms. The molecule has 2 saturated heterocycles. The fourth-order valence-electron chi connectivity index (χ4n) is 4.25. The van der Waals surface area contributed by atoms with Gasteiger partial charge in [0.2, 0.25) is 11.8 Å². The van der Waals surface area contributed by atoms with Gasteiger partial charge in [-0.25, -0.2) is 0 Å². The van der Waals surface area contributed by atoms with Crippen LogP contribution in [0, 0.1) is 10.8 Å². The minimum atomic E-state index is -0.324. The van der Waals surface area contributed by atoms with Crippen LogP contribution in [0.2, 0.25) is 0 Å². The van der Waals surface area contributed by atoms with Crippen molar-refractivity contribution in [2.75, 3.05) is 13.1 Å². The van der Waals surface area contributed by atoms with E-state index in [0.29, 0.717) is 13.0 Å². The van der Waals surface area contributed by atoms with E-state index in [9.17, 15) is 9.59 Å². The van der Waals surface area contributed by atoms with Gasteiger partial charge in [-0.2, -0.15) is 0 Å². The van der Waals surface area contributed by atoms with Gasteiger partial charge in [0.25, 0.3) is 0 Å². The number of hydrogen-bond acceptors (Lipinski definition) is 3. The number of rotatable bonds is 2. The molecule has 3 rings (SSSR count). The molecule has 4 nitrogen and oxygen atoms in total. The zero-order valence-electron chi connectivity index (χ0n) is 12.7. The Kier molecular flexibility index (Phi) is 3.39. The molecule has 0 bridgehead atoms. The largest absolute Gasteiger partial charge is 0.312 e. The highest BCUT2D eigenvalue weighted by molar-refractivity contribution is 6.06. The number of carbonyl (C=O) groups excluding carboxylic acids is 2. The topological polar surface area (TPSA) is 49.4 Å². The summed E-state index contributed by atoms with van der Waals surface area (Å²) in [5.74, 6) is 0.170. The summed E-state index contributed by atoms with van der Waals surface area (Å²) < 4.78 is 0. The monoisotopic (exact) mass is 278 g/mol. The van der Waals surface area contributed by atoms with Crippen LogP contribution in [0.15, 0.2) is 0 Å². The first-order chi connectivity index (χ1) is 9.45. The summed E-state index contributed by atoms with van der Waals surface area (Å²) in [6.45, 7) is 6.03. The molecule has 2 aliphatic heterocycles. The summed E-state index contributed by atoms with van der Waals surface area (Å²) in [6.07, 6.45) is 6.81. The molecule has 2 heterocycles. The molecule has 0 aromatic rings. The third kappa shape index (κ3) is 2.18. The average molecular weight is 278 g/mol. The molecule has 1 atom stereocenters. The Bertz CT molecular complexity index is 424. The van der Waals surface area contributed by atoms with E-state index in [-0.39, 0.29) is 28.7 Å². The molecule has 20 heavy (non-hydrogen) atoms.